The van der Waals surface area contributed by atoms with Gasteiger partial charge in [-0.3, -0.25) is 4.79 Å². The average molecular weight is 417 g/mol. The molecule has 0 spiro atoms. The molecular formula is C25H28N4O2. The Morgan fingerprint density at radius 1 is 1.00 bits per heavy atom. The summed E-state index contributed by atoms with van der Waals surface area (Å²) < 4.78 is 0. The van der Waals surface area contributed by atoms with Gasteiger partial charge < -0.3 is 15.7 Å². The monoisotopic (exact) mass is 416 g/mol. The molecule has 2 fully saturated rings. The quantitative estimate of drug-likeness (QED) is 0.580. The third kappa shape index (κ3) is 4.39. The van der Waals surface area contributed by atoms with E-state index in [2.05, 4.69) is 46.0 Å². The number of nitrogens with zero attached hydrogens (tertiary/aromatic N) is 2. The SMILES string of the molecule is Cc1ccc(C(=O)NC2CC2)cc1-c1ccc2c(NC3CCC(O)CC3)nncc2c1. The summed E-state index contributed by atoms with van der Waals surface area (Å²) in [5, 5.41) is 26.9. The minimum absolute atomic E-state index is 0.000470. The number of amides is 1. The Labute approximate surface area is 182 Å². The number of anilines is 1. The second-order valence-corrected chi connectivity index (χ2v) is 8.92. The van der Waals surface area contributed by atoms with Crippen LogP contribution in [0.1, 0.15) is 54.4 Å². The third-order valence-electron chi connectivity index (χ3n) is 6.42. The van der Waals surface area contributed by atoms with E-state index in [-0.39, 0.29) is 12.0 Å². The molecule has 0 bridgehead atoms. The summed E-state index contributed by atoms with van der Waals surface area (Å²) in [4.78, 5) is 12.5. The highest BCUT2D eigenvalue weighted by atomic mass is 16.3. The molecule has 6 nitrogen and oxygen atoms in total. The molecule has 0 aliphatic heterocycles. The molecular weight excluding hydrogens is 388 g/mol. The lowest BCUT2D eigenvalue weighted by Crippen LogP contribution is -2.28. The molecule has 6 heteroatoms. The summed E-state index contributed by atoms with van der Waals surface area (Å²) in [5.74, 6) is 0.791. The van der Waals surface area contributed by atoms with Gasteiger partial charge in [0.15, 0.2) is 5.82 Å². The van der Waals surface area contributed by atoms with Gasteiger partial charge in [-0.25, -0.2) is 0 Å². The van der Waals surface area contributed by atoms with Gasteiger partial charge in [0.1, 0.15) is 0 Å². The average Bonchev–Trinajstić information content (AvgIpc) is 3.59. The highest BCUT2D eigenvalue weighted by Crippen LogP contribution is 2.31. The molecule has 0 atom stereocenters. The van der Waals surface area contributed by atoms with Crippen LogP contribution in [-0.2, 0) is 0 Å². The van der Waals surface area contributed by atoms with Gasteiger partial charge >= 0.3 is 0 Å². The second-order valence-electron chi connectivity index (χ2n) is 8.92. The van der Waals surface area contributed by atoms with Gasteiger partial charge in [0, 0.05) is 28.4 Å². The molecule has 2 aliphatic carbocycles. The molecule has 0 radical (unpaired) electrons. The number of rotatable bonds is 5. The standard InChI is InChI=1S/C25H28N4O2/c1-15-2-3-17(25(31)28-20-5-6-20)13-23(15)16-4-11-22-18(12-16)14-26-29-24(22)27-19-7-9-21(30)10-8-19/h2-4,11-14,19-21,30H,5-10H2,1H3,(H,27,29)(H,28,31). The lowest BCUT2D eigenvalue weighted by Gasteiger charge is -2.26. The number of hydrogen-bond donors (Lipinski definition) is 3. The fourth-order valence-corrected chi connectivity index (χ4v) is 4.35. The van der Waals surface area contributed by atoms with Crippen molar-refractivity contribution in [3.63, 3.8) is 0 Å². The lowest BCUT2D eigenvalue weighted by molar-refractivity contribution is 0.0951. The summed E-state index contributed by atoms with van der Waals surface area (Å²) >= 11 is 0. The Morgan fingerprint density at radius 2 is 1.77 bits per heavy atom. The molecule has 31 heavy (non-hydrogen) atoms. The van der Waals surface area contributed by atoms with Gasteiger partial charge in [0.2, 0.25) is 0 Å². The molecule has 1 heterocycles. The van der Waals surface area contributed by atoms with Crippen LogP contribution in [0.25, 0.3) is 21.9 Å². The fourth-order valence-electron chi connectivity index (χ4n) is 4.35. The van der Waals surface area contributed by atoms with Crippen molar-refractivity contribution in [1.82, 2.24) is 15.5 Å². The highest BCUT2D eigenvalue weighted by molar-refractivity contribution is 5.97. The molecule has 0 saturated heterocycles. The predicted molar refractivity (Wildman–Crippen MR) is 122 cm³/mol. The van der Waals surface area contributed by atoms with Gasteiger partial charge in [-0.05, 0) is 86.4 Å². The number of fused-ring (bicyclic) bond motifs is 1. The van der Waals surface area contributed by atoms with E-state index in [1.54, 1.807) is 6.20 Å². The Morgan fingerprint density at radius 3 is 2.55 bits per heavy atom. The highest BCUT2D eigenvalue weighted by Gasteiger charge is 2.24. The van der Waals surface area contributed by atoms with Gasteiger partial charge in [0.25, 0.3) is 5.91 Å². The topological polar surface area (TPSA) is 87.1 Å². The molecule has 160 valence electrons. The summed E-state index contributed by atoms with van der Waals surface area (Å²) in [6.07, 6.45) is 7.28. The van der Waals surface area contributed by atoms with Gasteiger partial charge in [-0.2, -0.15) is 5.10 Å². The second kappa shape index (κ2) is 8.27. The van der Waals surface area contributed by atoms with Gasteiger partial charge in [-0.15, -0.1) is 5.10 Å². The number of carbonyl (C=O) groups excluding carboxylic acids is 1. The zero-order chi connectivity index (χ0) is 21.4. The molecule has 1 amide bonds. The normalized spacial score (nSPS) is 21.1. The van der Waals surface area contributed by atoms with Crippen molar-refractivity contribution in [2.75, 3.05) is 5.32 Å². The van der Waals surface area contributed by atoms with E-state index in [9.17, 15) is 9.90 Å². The molecule has 1 aromatic heterocycles. The van der Waals surface area contributed by atoms with Crippen LogP contribution in [0, 0.1) is 6.92 Å². The molecule has 3 N–H and O–H groups in total. The van der Waals surface area contributed by atoms with Crippen molar-refractivity contribution in [3.8, 4) is 11.1 Å². The number of hydrogen-bond acceptors (Lipinski definition) is 5. The Kier molecular flexibility index (Phi) is 5.32. The zero-order valence-electron chi connectivity index (χ0n) is 17.8. The van der Waals surface area contributed by atoms with E-state index in [4.69, 9.17) is 0 Å². The maximum atomic E-state index is 12.5. The van der Waals surface area contributed by atoms with Crippen LogP contribution in [0.15, 0.2) is 42.6 Å². The van der Waals surface area contributed by atoms with Crippen molar-refractivity contribution in [1.29, 1.82) is 0 Å². The molecule has 2 aliphatic rings. The number of aryl methyl sites for hydroxylation is 1. The minimum Gasteiger partial charge on any atom is -0.393 e. The van der Waals surface area contributed by atoms with E-state index < -0.39 is 0 Å². The molecule has 0 unspecified atom stereocenters. The van der Waals surface area contributed by atoms with E-state index in [1.807, 2.05) is 18.2 Å². The van der Waals surface area contributed by atoms with Crippen LogP contribution in [0.2, 0.25) is 0 Å². The van der Waals surface area contributed by atoms with Crippen molar-refractivity contribution >= 4 is 22.5 Å². The first-order valence-electron chi connectivity index (χ1n) is 11.2. The predicted octanol–water partition coefficient (Wildman–Crippen LogP) is 4.21. The summed E-state index contributed by atoms with van der Waals surface area (Å²) in [5.41, 5.74) is 3.94. The fraction of sp³-hybridized carbons (Fsp3) is 0.400. The van der Waals surface area contributed by atoms with Crippen LogP contribution in [0.5, 0.6) is 0 Å². The number of benzene rings is 2. The Hall–Kier alpha value is -2.99. The molecule has 2 saturated carbocycles. The van der Waals surface area contributed by atoms with E-state index in [0.29, 0.717) is 17.6 Å². The summed E-state index contributed by atoms with van der Waals surface area (Å²) in [6.45, 7) is 2.07. The van der Waals surface area contributed by atoms with Gasteiger partial charge in [0.05, 0.1) is 12.3 Å². The van der Waals surface area contributed by atoms with Crippen molar-refractivity contribution in [2.24, 2.45) is 0 Å². The van der Waals surface area contributed by atoms with Crippen LogP contribution in [0.4, 0.5) is 5.82 Å². The van der Waals surface area contributed by atoms with Crippen molar-refractivity contribution in [2.45, 2.75) is 63.6 Å². The van der Waals surface area contributed by atoms with Crippen molar-refractivity contribution in [3.05, 3.63) is 53.7 Å². The van der Waals surface area contributed by atoms with Crippen LogP contribution < -0.4 is 10.6 Å². The van der Waals surface area contributed by atoms with E-state index in [1.165, 1.54) is 0 Å². The molecule has 3 aromatic rings. The molecule has 5 rings (SSSR count). The molecule has 2 aromatic carbocycles. The zero-order valence-corrected chi connectivity index (χ0v) is 17.8. The third-order valence-corrected chi connectivity index (χ3v) is 6.42. The van der Waals surface area contributed by atoms with Gasteiger partial charge in [-0.1, -0.05) is 12.1 Å². The maximum absolute atomic E-state index is 12.5. The first-order valence-corrected chi connectivity index (χ1v) is 11.2. The summed E-state index contributed by atoms with van der Waals surface area (Å²) in [6, 6.07) is 12.8. The number of aliphatic hydroxyl groups is 1. The summed E-state index contributed by atoms with van der Waals surface area (Å²) in [7, 11) is 0. The number of aliphatic hydroxyl groups excluding tert-OH is 1. The lowest BCUT2D eigenvalue weighted by atomic mass is 9.93. The first-order chi connectivity index (χ1) is 15.1. The largest absolute Gasteiger partial charge is 0.393 e. The maximum Gasteiger partial charge on any atom is 0.251 e. The number of aromatic nitrogens is 2. The van der Waals surface area contributed by atoms with Crippen LogP contribution in [-0.4, -0.2) is 39.4 Å². The Balaban J connectivity index is 1.43. The van der Waals surface area contributed by atoms with Crippen LogP contribution in [0.3, 0.4) is 0 Å². The van der Waals surface area contributed by atoms with Crippen molar-refractivity contribution < 1.29 is 9.90 Å². The van der Waals surface area contributed by atoms with E-state index >= 15 is 0 Å². The number of nitrogens with one attached hydrogen (secondary N) is 2. The minimum atomic E-state index is -0.176. The first kappa shape index (κ1) is 19.9. The number of carbonyl (C=O) groups is 1. The van der Waals surface area contributed by atoms with E-state index in [0.717, 1.165) is 71.8 Å². The Bertz CT molecular complexity index is 1120. The smallest absolute Gasteiger partial charge is 0.251 e. The van der Waals surface area contributed by atoms with Crippen LogP contribution >= 0.6 is 0 Å².